The summed E-state index contributed by atoms with van der Waals surface area (Å²) < 4.78 is 20.1. The molecule has 0 amide bonds. The molecule has 1 fully saturated rings. The molecule has 1 atom stereocenters. The summed E-state index contributed by atoms with van der Waals surface area (Å²) in [5.74, 6) is -0.170. The van der Waals surface area contributed by atoms with Crippen molar-refractivity contribution in [1.29, 1.82) is 0 Å². The van der Waals surface area contributed by atoms with E-state index in [9.17, 15) is 4.39 Å². The van der Waals surface area contributed by atoms with Gasteiger partial charge in [0, 0.05) is 12.1 Å². The molecule has 1 saturated carbocycles. The largest absolute Gasteiger partial charge is 0.369 e. The Morgan fingerprint density at radius 3 is 2.53 bits per heavy atom. The van der Waals surface area contributed by atoms with Gasteiger partial charge in [0.2, 0.25) is 0 Å². The summed E-state index contributed by atoms with van der Waals surface area (Å²) in [6, 6.07) is 6.93. The lowest BCUT2D eigenvalue weighted by Gasteiger charge is -2.24. The van der Waals surface area contributed by atoms with Crippen molar-refractivity contribution in [2.24, 2.45) is 0 Å². The molecule has 0 radical (unpaired) electrons. The van der Waals surface area contributed by atoms with Crippen molar-refractivity contribution in [3.05, 3.63) is 35.6 Å². The van der Waals surface area contributed by atoms with Crippen LogP contribution in [0.3, 0.4) is 0 Å². The van der Waals surface area contributed by atoms with E-state index in [0.717, 1.165) is 12.8 Å². The van der Waals surface area contributed by atoms with E-state index < -0.39 is 0 Å². The molecule has 1 N–H and O–H groups in total. The molecule has 0 heterocycles. The first kappa shape index (κ1) is 14.5. The maximum absolute atomic E-state index is 13.9. The standard InChI is InChI=1S/C16H24FNO/c1-18-12-16(14-10-6-7-11-15(14)17)19-13-8-4-2-3-5-9-13/h6-7,10-11,13,16,18H,2-5,8-9,12H2,1H3. The second-order valence-corrected chi connectivity index (χ2v) is 5.32. The number of hydrogen-bond acceptors (Lipinski definition) is 2. The Labute approximate surface area is 115 Å². The van der Waals surface area contributed by atoms with Crippen molar-refractivity contribution in [2.75, 3.05) is 13.6 Å². The molecule has 1 aromatic carbocycles. The molecule has 0 saturated heterocycles. The lowest BCUT2D eigenvalue weighted by atomic mass is 10.1. The SMILES string of the molecule is CNCC(OC1CCCCCC1)c1ccccc1F. The highest BCUT2D eigenvalue weighted by Crippen LogP contribution is 2.27. The normalized spacial score (nSPS) is 19.1. The molecule has 0 aromatic heterocycles. The van der Waals surface area contributed by atoms with Crippen LogP contribution in [0.25, 0.3) is 0 Å². The zero-order valence-electron chi connectivity index (χ0n) is 11.7. The number of benzene rings is 1. The Balaban J connectivity index is 2.05. The van der Waals surface area contributed by atoms with Crippen molar-refractivity contribution >= 4 is 0 Å². The predicted molar refractivity (Wildman–Crippen MR) is 75.6 cm³/mol. The second kappa shape index (κ2) is 7.61. The topological polar surface area (TPSA) is 21.3 Å². The van der Waals surface area contributed by atoms with Crippen LogP contribution in [-0.4, -0.2) is 19.7 Å². The Bertz CT molecular complexity index is 375. The first-order valence-electron chi connectivity index (χ1n) is 7.35. The average Bonchev–Trinajstić information content (AvgIpc) is 2.67. The number of rotatable bonds is 5. The van der Waals surface area contributed by atoms with Crippen molar-refractivity contribution in [3.63, 3.8) is 0 Å². The number of nitrogens with one attached hydrogen (secondary N) is 1. The summed E-state index contributed by atoms with van der Waals surface area (Å²) in [5, 5.41) is 3.11. The molecule has 3 heteroatoms. The fraction of sp³-hybridized carbons (Fsp3) is 0.625. The number of hydrogen-bond donors (Lipinski definition) is 1. The molecular formula is C16H24FNO. The van der Waals surface area contributed by atoms with Crippen molar-refractivity contribution in [1.82, 2.24) is 5.32 Å². The van der Waals surface area contributed by atoms with Crippen LogP contribution in [0.15, 0.2) is 24.3 Å². The maximum atomic E-state index is 13.9. The van der Waals surface area contributed by atoms with E-state index >= 15 is 0 Å². The lowest BCUT2D eigenvalue weighted by Crippen LogP contribution is -2.25. The smallest absolute Gasteiger partial charge is 0.129 e. The molecule has 0 aliphatic heterocycles. The van der Waals surface area contributed by atoms with Crippen LogP contribution in [0.2, 0.25) is 0 Å². The van der Waals surface area contributed by atoms with Gasteiger partial charge in [0.15, 0.2) is 0 Å². The monoisotopic (exact) mass is 265 g/mol. The molecule has 2 nitrogen and oxygen atoms in total. The summed E-state index contributed by atoms with van der Waals surface area (Å²) in [4.78, 5) is 0. The molecular weight excluding hydrogens is 241 g/mol. The van der Waals surface area contributed by atoms with Gasteiger partial charge in [-0.15, -0.1) is 0 Å². The lowest BCUT2D eigenvalue weighted by molar-refractivity contribution is -0.0208. The highest BCUT2D eigenvalue weighted by molar-refractivity contribution is 5.20. The molecule has 19 heavy (non-hydrogen) atoms. The first-order chi connectivity index (χ1) is 9.31. The van der Waals surface area contributed by atoms with E-state index in [2.05, 4.69) is 5.32 Å². The van der Waals surface area contributed by atoms with Crippen molar-refractivity contribution in [3.8, 4) is 0 Å². The third kappa shape index (κ3) is 4.29. The Kier molecular flexibility index (Phi) is 5.80. The van der Waals surface area contributed by atoms with Gasteiger partial charge in [-0.05, 0) is 26.0 Å². The molecule has 1 aromatic rings. The highest BCUT2D eigenvalue weighted by atomic mass is 19.1. The van der Waals surface area contributed by atoms with Gasteiger partial charge in [0.1, 0.15) is 5.82 Å². The second-order valence-electron chi connectivity index (χ2n) is 5.32. The predicted octanol–water partition coefficient (Wildman–Crippen LogP) is 3.83. The summed E-state index contributed by atoms with van der Waals surface area (Å²) >= 11 is 0. The Morgan fingerprint density at radius 2 is 1.89 bits per heavy atom. The third-order valence-electron chi connectivity index (χ3n) is 3.80. The van der Waals surface area contributed by atoms with Crippen LogP contribution in [0.1, 0.15) is 50.2 Å². The first-order valence-corrected chi connectivity index (χ1v) is 7.35. The zero-order chi connectivity index (χ0) is 13.5. The Hall–Kier alpha value is -0.930. The van der Waals surface area contributed by atoms with E-state index in [-0.39, 0.29) is 18.0 Å². The van der Waals surface area contributed by atoms with Crippen LogP contribution in [0, 0.1) is 5.82 Å². The van der Waals surface area contributed by atoms with E-state index in [1.165, 1.54) is 31.7 Å². The van der Waals surface area contributed by atoms with Crippen LogP contribution in [-0.2, 0) is 4.74 Å². The number of likely N-dealkylation sites (N-methyl/N-ethyl adjacent to an activating group) is 1. The number of halogens is 1. The zero-order valence-corrected chi connectivity index (χ0v) is 11.7. The maximum Gasteiger partial charge on any atom is 0.129 e. The Morgan fingerprint density at radius 1 is 1.21 bits per heavy atom. The minimum atomic E-state index is -0.186. The van der Waals surface area contributed by atoms with Gasteiger partial charge in [0.05, 0.1) is 12.2 Å². The molecule has 1 aliphatic rings. The molecule has 106 valence electrons. The molecule has 2 rings (SSSR count). The van der Waals surface area contributed by atoms with E-state index in [1.54, 1.807) is 6.07 Å². The van der Waals surface area contributed by atoms with Gasteiger partial charge < -0.3 is 10.1 Å². The molecule has 1 unspecified atom stereocenters. The van der Waals surface area contributed by atoms with Gasteiger partial charge >= 0.3 is 0 Å². The van der Waals surface area contributed by atoms with Gasteiger partial charge in [-0.3, -0.25) is 0 Å². The molecule has 0 spiro atoms. The van der Waals surface area contributed by atoms with Crippen molar-refractivity contribution < 1.29 is 9.13 Å². The molecule has 1 aliphatic carbocycles. The fourth-order valence-electron chi connectivity index (χ4n) is 2.76. The van der Waals surface area contributed by atoms with Crippen LogP contribution in [0.4, 0.5) is 4.39 Å². The summed E-state index contributed by atoms with van der Waals surface area (Å²) in [5.41, 5.74) is 0.668. The minimum Gasteiger partial charge on any atom is -0.369 e. The van der Waals surface area contributed by atoms with Crippen LogP contribution in [0.5, 0.6) is 0 Å². The summed E-state index contributed by atoms with van der Waals surface area (Å²) in [6.45, 7) is 0.650. The highest BCUT2D eigenvalue weighted by Gasteiger charge is 2.21. The fourth-order valence-corrected chi connectivity index (χ4v) is 2.76. The van der Waals surface area contributed by atoms with Gasteiger partial charge in [-0.25, -0.2) is 4.39 Å². The summed E-state index contributed by atoms with van der Waals surface area (Å²) in [7, 11) is 1.88. The van der Waals surface area contributed by atoms with Crippen molar-refractivity contribution in [2.45, 2.75) is 50.7 Å². The van der Waals surface area contributed by atoms with Crippen LogP contribution >= 0.6 is 0 Å². The van der Waals surface area contributed by atoms with E-state index in [4.69, 9.17) is 4.74 Å². The average molecular weight is 265 g/mol. The third-order valence-corrected chi connectivity index (χ3v) is 3.80. The minimum absolute atomic E-state index is 0.170. The van der Waals surface area contributed by atoms with Gasteiger partial charge in [-0.1, -0.05) is 43.9 Å². The van der Waals surface area contributed by atoms with E-state index in [1.807, 2.05) is 19.2 Å². The molecule has 0 bridgehead atoms. The summed E-state index contributed by atoms with van der Waals surface area (Å²) in [6.07, 6.45) is 7.37. The van der Waals surface area contributed by atoms with Crippen LogP contribution < -0.4 is 5.32 Å². The van der Waals surface area contributed by atoms with E-state index in [0.29, 0.717) is 12.1 Å². The number of ether oxygens (including phenoxy) is 1. The van der Waals surface area contributed by atoms with Gasteiger partial charge in [-0.2, -0.15) is 0 Å². The quantitative estimate of drug-likeness (QED) is 0.817. The van der Waals surface area contributed by atoms with Gasteiger partial charge in [0.25, 0.3) is 0 Å².